The van der Waals surface area contributed by atoms with E-state index in [4.69, 9.17) is 4.74 Å². The van der Waals surface area contributed by atoms with E-state index < -0.39 is 0 Å². The lowest BCUT2D eigenvalue weighted by Crippen LogP contribution is -2.39. The minimum Gasteiger partial charge on any atom is -0.381 e. The third-order valence-electron chi connectivity index (χ3n) is 3.48. The summed E-state index contributed by atoms with van der Waals surface area (Å²) >= 11 is 0. The van der Waals surface area contributed by atoms with Crippen molar-refractivity contribution in [2.45, 2.75) is 25.3 Å². The number of ether oxygens (including phenoxy) is 1. The summed E-state index contributed by atoms with van der Waals surface area (Å²) in [5.74, 6) is 0.561. The second kappa shape index (κ2) is 4.94. The maximum absolute atomic E-state index is 12.1. The molecule has 0 radical (unpaired) electrons. The quantitative estimate of drug-likeness (QED) is 0.712. The zero-order valence-electron chi connectivity index (χ0n) is 9.37. The van der Waals surface area contributed by atoms with Gasteiger partial charge in [-0.25, -0.2) is 0 Å². The first kappa shape index (κ1) is 10.9. The second-order valence-corrected chi connectivity index (χ2v) is 4.45. The highest BCUT2D eigenvalue weighted by molar-refractivity contribution is 5.79. The van der Waals surface area contributed by atoms with E-state index >= 15 is 0 Å². The Balaban J connectivity index is 1.85. The first-order chi connectivity index (χ1) is 7.31. The summed E-state index contributed by atoms with van der Waals surface area (Å²) in [6, 6.07) is 0.494. The van der Waals surface area contributed by atoms with Gasteiger partial charge in [-0.15, -0.1) is 0 Å². The van der Waals surface area contributed by atoms with Crippen LogP contribution < -0.4 is 5.32 Å². The first-order valence-corrected chi connectivity index (χ1v) is 5.85. The second-order valence-electron chi connectivity index (χ2n) is 4.45. The number of hydrogen-bond donors (Lipinski definition) is 1. The smallest absolute Gasteiger partial charge is 0.225 e. The average Bonchev–Trinajstić information content (AvgIpc) is 2.78. The molecule has 1 amide bonds. The van der Waals surface area contributed by atoms with E-state index in [-0.39, 0.29) is 5.92 Å². The van der Waals surface area contributed by atoms with Crippen LogP contribution in [-0.4, -0.2) is 50.2 Å². The molecule has 1 atom stereocenters. The number of amides is 1. The minimum atomic E-state index is 0.217. The Kier molecular flexibility index (Phi) is 3.59. The van der Waals surface area contributed by atoms with E-state index in [0.29, 0.717) is 11.9 Å². The van der Waals surface area contributed by atoms with Crippen molar-refractivity contribution in [3.63, 3.8) is 0 Å². The van der Waals surface area contributed by atoms with E-state index in [1.165, 1.54) is 0 Å². The SMILES string of the molecule is CNC1CCN(C(=O)C2CCOCC2)C1. The molecule has 86 valence electrons. The maximum atomic E-state index is 12.1. The Morgan fingerprint density at radius 3 is 2.67 bits per heavy atom. The van der Waals surface area contributed by atoms with Gasteiger partial charge in [0.1, 0.15) is 0 Å². The molecule has 0 saturated carbocycles. The van der Waals surface area contributed by atoms with E-state index in [0.717, 1.165) is 45.6 Å². The fourth-order valence-corrected chi connectivity index (χ4v) is 2.40. The lowest BCUT2D eigenvalue weighted by molar-refractivity contribution is -0.137. The highest BCUT2D eigenvalue weighted by Crippen LogP contribution is 2.20. The van der Waals surface area contributed by atoms with E-state index in [1.807, 2.05) is 11.9 Å². The molecular weight excluding hydrogens is 192 g/mol. The van der Waals surface area contributed by atoms with Gasteiger partial charge in [0.2, 0.25) is 5.91 Å². The van der Waals surface area contributed by atoms with Crippen LogP contribution in [0.15, 0.2) is 0 Å². The topological polar surface area (TPSA) is 41.6 Å². The van der Waals surface area contributed by atoms with Gasteiger partial charge in [0.15, 0.2) is 0 Å². The van der Waals surface area contributed by atoms with Crippen molar-refractivity contribution < 1.29 is 9.53 Å². The summed E-state index contributed by atoms with van der Waals surface area (Å²) in [6.45, 7) is 3.30. The molecule has 0 aromatic heterocycles. The number of likely N-dealkylation sites (N-methyl/N-ethyl adjacent to an activating group) is 1. The van der Waals surface area contributed by atoms with Gasteiger partial charge in [-0.1, -0.05) is 0 Å². The van der Waals surface area contributed by atoms with Crippen LogP contribution >= 0.6 is 0 Å². The Hall–Kier alpha value is -0.610. The summed E-state index contributed by atoms with van der Waals surface area (Å²) in [5.41, 5.74) is 0. The van der Waals surface area contributed by atoms with Crippen LogP contribution in [0.25, 0.3) is 0 Å². The highest BCUT2D eigenvalue weighted by Gasteiger charge is 2.30. The van der Waals surface area contributed by atoms with Gasteiger partial charge >= 0.3 is 0 Å². The summed E-state index contributed by atoms with van der Waals surface area (Å²) < 4.78 is 5.27. The molecule has 1 unspecified atom stereocenters. The maximum Gasteiger partial charge on any atom is 0.225 e. The molecule has 2 saturated heterocycles. The third-order valence-corrected chi connectivity index (χ3v) is 3.48. The van der Waals surface area contributed by atoms with Crippen molar-refractivity contribution in [1.29, 1.82) is 0 Å². The largest absolute Gasteiger partial charge is 0.381 e. The Bertz CT molecular complexity index is 227. The number of carbonyl (C=O) groups excluding carboxylic acids is 1. The van der Waals surface area contributed by atoms with E-state index in [2.05, 4.69) is 5.32 Å². The molecule has 4 heteroatoms. The monoisotopic (exact) mass is 212 g/mol. The summed E-state index contributed by atoms with van der Waals surface area (Å²) in [7, 11) is 1.97. The molecule has 0 spiro atoms. The molecule has 4 nitrogen and oxygen atoms in total. The molecule has 2 aliphatic heterocycles. The van der Waals surface area contributed by atoms with Crippen molar-refractivity contribution in [2.24, 2.45) is 5.92 Å². The van der Waals surface area contributed by atoms with E-state index in [1.54, 1.807) is 0 Å². The van der Waals surface area contributed by atoms with Gasteiger partial charge in [0.05, 0.1) is 0 Å². The predicted octanol–water partition coefficient (Wildman–Crippen LogP) is 0.233. The highest BCUT2D eigenvalue weighted by atomic mass is 16.5. The van der Waals surface area contributed by atoms with Crippen molar-refractivity contribution in [3.8, 4) is 0 Å². The fourth-order valence-electron chi connectivity index (χ4n) is 2.40. The molecule has 2 fully saturated rings. The van der Waals surface area contributed by atoms with Crippen molar-refractivity contribution >= 4 is 5.91 Å². The molecule has 2 heterocycles. The van der Waals surface area contributed by atoms with Gasteiger partial charge < -0.3 is 15.0 Å². The Labute approximate surface area is 91.0 Å². The normalized spacial score (nSPS) is 28.3. The van der Waals surface area contributed by atoms with Gasteiger partial charge in [-0.3, -0.25) is 4.79 Å². The number of nitrogens with one attached hydrogen (secondary N) is 1. The van der Waals surface area contributed by atoms with Crippen molar-refractivity contribution in [3.05, 3.63) is 0 Å². The molecule has 2 rings (SSSR count). The van der Waals surface area contributed by atoms with Gasteiger partial charge in [-0.2, -0.15) is 0 Å². The zero-order valence-corrected chi connectivity index (χ0v) is 9.37. The summed E-state index contributed by atoms with van der Waals surface area (Å²) in [5, 5.41) is 3.23. The van der Waals surface area contributed by atoms with E-state index in [9.17, 15) is 4.79 Å². The van der Waals surface area contributed by atoms with Gasteiger partial charge in [-0.05, 0) is 26.3 Å². The molecule has 2 aliphatic rings. The Morgan fingerprint density at radius 2 is 2.07 bits per heavy atom. The molecule has 0 aromatic rings. The molecular formula is C11H20N2O2. The van der Waals surface area contributed by atoms with Gasteiger partial charge in [0.25, 0.3) is 0 Å². The van der Waals surface area contributed by atoms with Crippen LogP contribution in [0.3, 0.4) is 0 Å². The molecule has 0 aliphatic carbocycles. The Morgan fingerprint density at radius 1 is 1.33 bits per heavy atom. The summed E-state index contributed by atoms with van der Waals surface area (Å²) in [6.07, 6.45) is 2.89. The number of nitrogens with zero attached hydrogens (tertiary/aromatic N) is 1. The lowest BCUT2D eigenvalue weighted by atomic mass is 9.99. The van der Waals surface area contributed by atoms with Crippen LogP contribution in [0.5, 0.6) is 0 Å². The predicted molar refractivity (Wildman–Crippen MR) is 57.6 cm³/mol. The minimum absolute atomic E-state index is 0.217. The molecule has 15 heavy (non-hydrogen) atoms. The average molecular weight is 212 g/mol. The number of likely N-dealkylation sites (tertiary alicyclic amines) is 1. The first-order valence-electron chi connectivity index (χ1n) is 5.85. The fraction of sp³-hybridized carbons (Fsp3) is 0.909. The van der Waals surface area contributed by atoms with Gasteiger partial charge in [0, 0.05) is 38.3 Å². The van der Waals surface area contributed by atoms with Crippen LogP contribution in [0, 0.1) is 5.92 Å². The number of rotatable bonds is 2. The zero-order chi connectivity index (χ0) is 10.7. The van der Waals surface area contributed by atoms with Crippen molar-refractivity contribution in [2.75, 3.05) is 33.4 Å². The van der Waals surface area contributed by atoms with Crippen LogP contribution in [0.4, 0.5) is 0 Å². The molecule has 0 bridgehead atoms. The number of carbonyl (C=O) groups is 1. The molecule has 1 N–H and O–H groups in total. The van der Waals surface area contributed by atoms with Crippen molar-refractivity contribution in [1.82, 2.24) is 10.2 Å². The summed E-state index contributed by atoms with van der Waals surface area (Å²) in [4.78, 5) is 14.1. The standard InChI is InChI=1S/C11H20N2O2/c1-12-10-2-5-13(8-10)11(14)9-3-6-15-7-4-9/h9-10,12H,2-8H2,1H3. The van der Waals surface area contributed by atoms with Crippen LogP contribution in [-0.2, 0) is 9.53 Å². The lowest BCUT2D eigenvalue weighted by Gasteiger charge is -2.26. The third kappa shape index (κ3) is 2.49. The van der Waals surface area contributed by atoms with Crippen LogP contribution in [0.2, 0.25) is 0 Å². The molecule has 0 aromatic carbocycles. The van der Waals surface area contributed by atoms with Crippen LogP contribution in [0.1, 0.15) is 19.3 Å². The number of hydrogen-bond acceptors (Lipinski definition) is 3.